The number of hydrogen-bond acceptors (Lipinski definition) is 3. The Labute approximate surface area is 152 Å². The molecule has 5 nitrogen and oxygen atoms in total. The van der Waals surface area contributed by atoms with Gasteiger partial charge in [0.05, 0.1) is 6.10 Å². The first-order valence-corrected chi connectivity index (χ1v) is 10.6. The highest BCUT2D eigenvalue weighted by atomic mass is 16.5. The molecule has 1 aliphatic carbocycles. The molecule has 0 aromatic heterocycles. The number of urea groups is 1. The van der Waals surface area contributed by atoms with Crippen molar-refractivity contribution in [1.29, 1.82) is 0 Å². The monoisotopic (exact) mass is 349 g/mol. The number of carbonyl (C=O) groups is 1. The van der Waals surface area contributed by atoms with Gasteiger partial charge in [-0.15, -0.1) is 0 Å². The molecule has 25 heavy (non-hydrogen) atoms. The fourth-order valence-electron chi connectivity index (χ4n) is 5.51. The number of rotatable bonds is 3. The van der Waals surface area contributed by atoms with Crippen LogP contribution in [0.15, 0.2) is 0 Å². The van der Waals surface area contributed by atoms with Gasteiger partial charge in [-0.05, 0) is 49.9 Å². The topological polar surface area (TPSA) is 44.8 Å². The molecule has 0 radical (unpaired) electrons. The Bertz CT molecular complexity index is 452. The van der Waals surface area contributed by atoms with E-state index in [0.29, 0.717) is 18.1 Å². The van der Waals surface area contributed by atoms with Gasteiger partial charge in [0.1, 0.15) is 0 Å². The van der Waals surface area contributed by atoms with Crippen LogP contribution >= 0.6 is 0 Å². The molecule has 4 aliphatic rings. The van der Waals surface area contributed by atoms with E-state index < -0.39 is 0 Å². The molecular formula is C20H35N3O2. The first-order valence-electron chi connectivity index (χ1n) is 10.6. The van der Waals surface area contributed by atoms with Gasteiger partial charge in [0.25, 0.3) is 0 Å². The molecule has 142 valence electrons. The number of amides is 2. The summed E-state index contributed by atoms with van der Waals surface area (Å²) >= 11 is 0. The minimum atomic E-state index is 0.193. The standard InChI is InChI=1S/C20H35N3O2/c1-15-11-22(14-18-7-4-10-25-18)9-8-19(15)21-20(24)23-12-16-5-2-3-6-17(16)13-23/h15-19H,2-14H2,1H3,(H,21,24)/t15-,16-,17-,18+,19+/m1/s1. The summed E-state index contributed by atoms with van der Waals surface area (Å²) in [5.41, 5.74) is 0. The highest BCUT2D eigenvalue weighted by molar-refractivity contribution is 5.75. The quantitative estimate of drug-likeness (QED) is 0.852. The number of carbonyl (C=O) groups excluding carboxylic acids is 1. The van der Waals surface area contributed by atoms with Crippen LogP contribution in [0.5, 0.6) is 0 Å². The molecule has 3 heterocycles. The van der Waals surface area contributed by atoms with Gasteiger partial charge in [0.2, 0.25) is 0 Å². The molecule has 5 atom stereocenters. The minimum absolute atomic E-state index is 0.193. The highest BCUT2D eigenvalue weighted by Crippen LogP contribution is 2.36. The van der Waals surface area contributed by atoms with Crippen LogP contribution in [-0.2, 0) is 4.74 Å². The van der Waals surface area contributed by atoms with Crippen LogP contribution in [0.3, 0.4) is 0 Å². The van der Waals surface area contributed by atoms with Gasteiger partial charge in [-0.2, -0.15) is 0 Å². The van der Waals surface area contributed by atoms with E-state index in [1.165, 1.54) is 38.5 Å². The van der Waals surface area contributed by atoms with E-state index in [4.69, 9.17) is 4.74 Å². The van der Waals surface area contributed by atoms with Gasteiger partial charge in [0, 0.05) is 45.4 Å². The minimum Gasteiger partial charge on any atom is -0.377 e. The highest BCUT2D eigenvalue weighted by Gasteiger charge is 2.37. The molecule has 3 saturated heterocycles. The molecule has 0 aromatic carbocycles. The number of piperidine rings is 1. The Hall–Kier alpha value is -0.810. The maximum atomic E-state index is 12.7. The SMILES string of the molecule is C[C@@H]1CN(C[C@@H]2CCCO2)CC[C@@H]1NC(=O)N1C[C@H]2CCCC[C@@H]2C1. The van der Waals surface area contributed by atoms with Gasteiger partial charge in [-0.25, -0.2) is 4.79 Å². The van der Waals surface area contributed by atoms with E-state index in [0.717, 1.165) is 57.6 Å². The average Bonchev–Trinajstić information content (AvgIpc) is 3.26. The molecule has 0 aromatic rings. The van der Waals surface area contributed by atoms with Crippen molar-refractivity contribution in [3.8, 4) is 0 Å². The Balaban J connectivity index is 1.23. The average molecular weight is 350 g/mol. The summed E-state index contributed by atoms with van der Waals surface area (Å²) in [5.74, 6) is 2.05. The first kappa shape index (κ1) is 17.6. The summed E-state index contributed by atoms with van der Waals surface area (Å²) in [4.78, 5) is 17.4. The second kappa shape index (κ2) is 7.83. The Morgan fingerprint density at radius 2 is 1.80 bits per heavy atom. The zero-order valence-corrected chi connectivity index (χ0v) is 15.8. The van der Waals surface area contributed by atoms with Crippen molar-refractivity contribution < 1.29 is 9.53 Å². The van der Waals surface area contributed by atoms with Crippen LogP contribution in [0.4, 0.5) is 4.79 Å². The van der Waals surface area contributed by atoms with Gasteiger partial charge in [0.15, 0.2) is 0 Å². The number of ether oxygens (including phenoxy) is 1. The maximum absolute atomic E-state index is 12.7. The van der Waals surface area contributed by atoms with Crippen molar-refractivity contribution in [3.63, 3.8) is 0 Å². The molecule has 4 rings (SSSR count). The number of nitrogens with zero attached hydrogens (tertiary/aromatic N) is 2. The molecular weight excluding hydrogens is 314 g/mol. The van der Waals surface area contributed by atoms with Crippen LogP contribution in [0.25, 0.3) is 0 Å². The molecule has 1 saturated carbocycles. The molecule has 3 aliphatic heterocycles. The Morgan fingerprint density at radius 3 is 2.44 bits per heavy atom. The third kappa shape index (κ3) is 4.13. The summed E-state index contributed by atoms with van der Waals surface area (Å²) in [7, 11) is 0. The Kier molecular flexibility index (Phi) is 5.51. The summed E-state index contributed by atoms with van der Waals surface area (Å²) in [6.07, 6.45) is 9.30. The lowest BCUT2D eigenvalue weighted by atomic mass is 9.82. The molecule has 2 amide bonds. The normalized spacial score (nSPS) is 39.4. The molecule has 0 spiro atoms. The lowest BCUT2D eigenvalue weighted by Crippen LogP contribution is -2.53. The zero-order chi connectivity index (χ0) is 17.2. The van der Waals surface area contributed by atoms with Crippen LogP contribution < -0.4 is 5.32 Å². The summed E-state index contributed by atoms with van der Waals surface area (Å²) in [5, 5.41) is 3.36. The van der Waals surface area contributed by atoms with E-state index in [-0.39, 0.29) is 6.03 Å². The largest absolute Gasteiger partial charge is 0.377 e. The first-order chi connectivity index (χ1) is 12.2. The van der Waals surface area contributed by atoms with Crippen LogP contribution in [0, 0.1) is 17.8 Å². The van der Waals surface area contributed by atoms with Gasteiger partial charge in [-0.1, -0.05) is 19.8 Å². The van der Waals surface area contributed by atoms with Crippen molar-refractivity contribution in [3.05, 3.63) is 0 Å². The lowest BCUT2D eigenvalue weighted by Gasteiger charge is -2.38. The van der Waals surface area contributed by atoms with E-state index in [9.17, 15) is 4.79 Å². The van der Waals surface area contributed by atoms with Gasteiger partial charge < -0.3 is 19.9 Å². The fraction of sp³-hybridized carbons (Fsp3) is 0.950. The third-order valence-corrected chi connectivity index (χ3v) is 7.05. The summed E-state index contributed by atoms with van der Waals surface area (Å²) in [6.45, 7) is 8.43. The second-order valence-electron chi connectivity index (χ2n) is 8.93. The number of hydrogen-bond donors (Lipinski definition) is 1. The van der Waals surface area contributed by atoms with Crippen LogP contribution in [0.1, 0.15) is 51.9 Å². The van der Waals surface area contributed by atoms with Crippen LogP contribution in [-0.4, -0.2) is 67.3 Å². The lowest BCUT2D eigenvalue weighted by molar-refractivity contribution is 0.0517. The third-order valence-electron chi connectivity index (χ3n) is 7.05. The molecule has 4 fully saturated rings. The molecule has 0 bridgehead atoms. The van der Waals surface area contributed by atoms with Crippen molar-refractivity contribution in [2.75, 3.05) is 39.3 Å². The fourth-order valence-corrected chi connectivity index (χ4v) is 5.51. The van der Waals surface area contributed by atoms with Crippen molar-refractivity contribution in [2.24, 2.45) is 17.8 Å². The number of likely N-dealkylation sites (tertiary alicyclic amines) is 2. The number of fused-ring (bicyclic) bond motifs is 1. The molecule has 0 unspecified atom stereocenters. The smallest absolute Gasteiger partial charge is 0.317 e. The predicted octanol–water partition coefficient (Wildman–Crippen LogP) is 2.71. The van der Waals surface area contributed by atoms with E-state index in [1.54, 1.807) is 0 Å². The van der Waals surface area contributed by atoms with Crippen molar-refractivity contribution in [2.45, 2.75) is 64.0 Å². The van der Waals surface area contributed by atoms with Crippen molar-refractivity contribution in [1.82, 2.24) is 15.1 Å². The summed E-state index contributed by atoms with van der Waals surface area (Å²) < 4.78 is 5.78. The van der Waals surface area contributed by atoms with E-state index in [1.807, 2.05) is 0 Å². The Morgan fingerprint density at radius 1 is 1.04 bits per heavy atom. The van der Waals surface area contributed by atoms with Crippen molar-refractivity contribution >= 4 is 6.03 Å². The second-order valence-corrected chi connectivity index (χ2v) is 8.93. The maximum Gasteiger partial charge on any atom is 0.317 e. The van der Waals surface area contributed by atoms with E-state index >= 15 is 0 Å². The van der Waals surface area contributed by atoms with Crippen LogP contribution in [0.2, 0.25) is 0 Å². The predicted molar refractivity (Wildman–Crippen MR) is 98.5 cm³/mol. The molecule has 1 N–H and O–H groups in total. The van der Waals surface area contributed by atoms with E-state index in [2.05, 4.69) is 22.0 Å². The number of nitrogens with one attached hydrogen (secondary N) is 1. The van der Waals surface area contributed by atoms with Gasteiger partial charge in [-0.3, -0.25) is 0 Å². The zero-order valence-electron chi connectivity index (χ0n) is 15.8. The van der Waals surface area contributed by atoms with Gasteiger partial charge >= 0.3 is 6.03 Å². The summed E-state index contributed by atoms with van der Waals surface area (Å²) in [6, 6.07) is 0.523. The molecule has 5 heteroatoms.